The van der Waals surface area contributed by atoms with E-state index in [1.54, 1.807) is 0 Å². The summed E-state index contributed by atoms with van der Waals surface area (Å²) in [5.41, 5.74) is 1.27. The van der Waals surface area contributed by atoms with Crippen LogP contribution >= 0.6 is 11.6 Å². The van der Waals surface area contributed by atoms with Crippen LogP contribution < -0.4 is 10.6 Å². The average Bonchev–Trinajstić information content (AvgIpc) is 2.30. The molecule has 1 aromatic rings. The van der Waals surface area contributed by atoms with E-state index in [9.17, 15) is 0 Å². The normalized spacial score (nSPS) is 19.6. The zero-order chi connectivity index (χ0) is 11.4. The minimum absolute atomic E-state index is 0.377. The summed E-state index contributed by atoms with van der Waals surface area (Å²) in [4.78, 5) is 0. The highest BCUT2D eigenvalue weighted by Crippen LogP contribution is 2.19. The Morgan fingerprint density at radius 2 is 2.12 bits per heavy atom. The molecule has 1 aliphatic rings. The second kappa shape index (κ2) is 5.67. The molecule has 0 bridgehead atoms. The van der Waals surface area contributed by atoms with Gasteiger partial charge in [-0.05, 0) is 50.6 Å². The summed E-state index contributed by atoms with van der Waals surface area (Å²) in [6.45, 7) is 4.45. The number of nitrogens with one attached hydrogen (secondary N) is 2. The van der Waals surface area contributed by atoms with Gasteiger partial charge in [0.25, 0.3) is 0 Å². The lowest BCUT2D eigenvalue weighted by molar-refractivity contribution is 0.359. The van der Waals surface area contributed by atoms with Gasteiger partial charge in [0.05, 0.1) is 0 Å². The van der Waals surface area contributed by atoms with E-state index in [-0.39, 0.29) is 0 Å². The lowest BCUT2D eigenvalue weighted by Gasteiger charge is -2.27. The summed E-state index contributed by atoms with van der Waals surface area (Å²) in [6, 6.07) is 9.11. The molecule has 0 unspecified atom stereocenters. The Hall–Kier alpha value is -0.570. The first-order valence-corrected chi connectivity index (χ1v) is 6.36. The summed E-state index contributed by atoms with van der Waals surface area (Å²) in [7, 11) is 0. The van der Waals surface area contributed by atoms with Crippen molar-refractivity contribution in [2.75, 3.05) is 13.1 Å². The van der Waals surface area contributed by atoms with Gasteiger partial charge in [-0.2, -0.15) is 0 Å². The summed E-state index contributed by atoms with van der Waals surface area (Å²) in [5.74, 6) is 0. The van der Waals surface area contributed by atoms with E-state index in [0.29, 0.717) is 12.1 Å². The van der Waals surface area contributed by atoms with Crippen LogP contribution in [0.15, 0.2) is 24.3 Å². The van der Waals surface area contributed by atoms with Gasteiger partial charge in [-0.1, -0.05) is 23.7 Å². The molecule has 0 aliphatic carbocycles. The smallest absolute Gasteiger partial charge is 0.0409 e. The molecule has 1 aromatic carbocycles. The lowest BCUT2D eigenvalue weighted by Crippen LogP contribution is -2.40. The van der Waals surface area contributed by atoms with Crippen molar-refractivity contribution in [1.82, 2.24) is 10.6 Å². The van der Waals surface area contributed by atoms with Crippen LogP contribution in [0.1, 0.15) is 31.4 Å². The maximum atomic E-state index is 5.99. The standard InChI is InChI=1S/C13H19ClN2/c1-10(11-3-2-4-12(14)9-11)16-13-5-7-15-8-6-13/h2-4,9-10,13,15-16H,5-8H2,1H3/t10-/m1/s1. The monoisotopic (exact) mass is 238 g/mol. The summed E-state index contributed by atoms with van der Waals surface area (Å²) in [5, 5.41) is 7.86. The topological polar surface area (TPSA) is 24.1 Å². The van der Waals surface area contributed by atoms with E-state index in [0.717, 1.165) is 18.1 Å². The van der Waals surface area contributed by atoms with Gasteiger partial charge in [0.1, 0.15) is 0 Å². The molecule has 1 atom stereocenters. The first-order chi connectivity index (χ1) is 7.75. The summed E-state index contributed by atoms with van der Waals surface area (Å²) < 4.78 is 0. The molecule has 3 heteroatoms. The van der Waals surface area contributed by atoms with Crippen molar-refractivity contribution in [2.45, 2.75) is 31.8 Å². The minimum Gasteiger partial charge on any atom is -0.317 e. The van der Waals surface area contributed by atoms with Crippen molar-refractivity contribution in [2.24, 2.45) is 0 Å². The molecule has 0 saturated carbocycles. The van der Waals surface area contributed by atoms with E-state index < -0.39 is 0 Å². The van der Waals surface area contributed by atoms with Crippen LogP contribution in [0.25, 0.3) is 0 Å². The second-order valence-electron chi connectivity index (χ2n) is 4.47. The van der Waals surface area contributed by atoms with Crippen LogP contribution in [0.5, 0.6) is 0 Å². The molecule has 0 aromatic heterocycles. The molecule has 1 heterocycles. The predicted octanol–water partition coefficient (Wildman–Crippen LogP) is 2.74. The Bertz CT molecular complexity index is 334. The number of hydrogen-bond acceptors (Lipinski definition) is 2. The molecule has 1 aliphatic heterocycles. The molecular formula is C13H19ClN2. The van der Waals surface area contributed by atoms with E-state index in [1.165, 1.54) is 18.4 Å². The quantitative estimate of drug-likeness (QED) is 0.846. The highest BCUT2D eigenvalue weighted by molar-refractivity contribution is 6.30. The zero-order valence-corrected chi connectivity index (χ0v) is 10.4. The van der Waals surface area contributed by atoms with Crippen LogP contribution in [-0.4, -0.2) is 19.1 Å². The first-order valence-electron chi connectivity index (χ1n) is 5.98. The van der Waals surface area contributed by atoms with Gasteiger partial charge in [0.2, 0.25) is 0 Å². The van der Waals surface area contributed by atoms with E-state index in [4.69, 9.17) is 11.6 Å². The van der Waals surface area contributed by atoms with Crippen molar-refractivity contribution in [3.8, 4) is 0 Å². The second-order valence-corrected chi connectivity index (χ2v) is 4.90. The van der Waals surface area contributed by atoms with Crippen LogP contribution in [0, 0.1) is 0 Å². The highest BCUT2D eigenvalue weighted by atomic mass is 35.5. The minimum atomic E-state index is 0.377. The summed E-state index contributed by atoms with van der Waals surface area (Å²) in [6.07, 6.45) is 2.43. The molecular weight excluding hydrogens is 220 g/mol. The molecule has 2 N–H and O–H groups in total. The van der Waals surface area contributed by atoms with Crippen LogP contribution in [0.4, 0.5) is 0 Å². The zero-order valence-electron chi connectivity index (χ0n) is 9.67. The Kier molecular flexibility index (Phi) is 4.22. The van der Waals surface area contributed by atoms with Gasteiger partial charge >= 0.3 is 0 Å². The number of piperidine rings is 1. The van der Waals surface area contributed by atoms with Crippen molar-refractivity contribution < 1.29 is 0 Å². The molecule has 2 rings (SSSR count). The fourth-order valence-corrected chi connectivity index (χ4v) is 2.41. The number of benzene rings is 1. The van der Waals surface area contributed by atoms with E-state index in [2.05, 4.69) is 23.6 Å². The van der Waals surface area contributed by atoms with Gasteiger partial charge < -0.3 is 10.6 Å². The number of hydrogen-bond donors (Lipinski definition) is 2. The Labute approximate surface area is 102 Å². The fraction of sp³-hybridized carbons (Fsp3) is 0.538. The van der Waals surface area contributed by atoms with Crippen LogP contribution in [0.2, 0.25) is 5.02 Å². The molecule has 88 valence electrons. The van der Waals surface area contributed by atoms with E-state index >= 15 is 0 Å². The molecule has 0 spiro atoms. The Morgan fingerprint density at radius 3 is 2.81 bits per heavy atom. The van der Waals surface area contributed by atoms with Gasteiger partial charge in [-0.15, -0.1) is 0 Å². The number of rotatable bonds is 3. The van der Waals surface area contributed by atoms with Crippen molar-refractivity contribution in [3.63, 3.8) is 0 Å². The third kappa shape index (κ3) is 3.21. The number of halogens is 1. The largest absolute Gasteiger partial charge is 0.317 e. The maximum Gasteiger partial charge on any atom is 0.0409 e. The lowest BCUT2D eigenvalue weighted by atomic mass is 10.0. The maximum absolute atomic E-state index is 5.99. The van der Waals surface area contributed by atoms with Crippen LogP contribution in [-0.2, 0) is 0 Å². The van der Waals surface area contributed by atoms with E-state index in [1.807, 2.05) is 18.2 Å². The average molecular weight is 239 g/mol. The van der Waals surface area contributed by atoms with Gasteiger partial charge in [-0.25, -0.2) is 0 Å². The first kappa shape index (κ1) is 11.9. The van der Waals surface area contributed by atoms with Gasteiger partial charge in [0, 0.05) is 17.1 Å². The predicted molar refractivity (Wildman–Crippen MR) is 68.9 cm³/mol. The SMILES string of the molecule is C[C@@H](NC1CCNCC1)c1cccc(Cl)c1. The third-order valence-corrected chi connectivity index (χ3v) is 3.41. The van der Waals surface area contributed by atoms with Gasteiger partial charge in [-0.3, -0.25) is 0 Å². The van der Waals surface area contributed by atoms with Crippen LogP contribution in [0.3, 0.4) is 0 Å². The molecule has 0 radical (unpaired) electrons. The molecule has 16 heavy (non-hydrogen) atoms. The Balaban J connectivity index is 1.94. The van der Waals surface area contributed by atoms with Crippen molar-refractivity contribution >= 4 is 11.6 Å². The molecule has 1 saturated heterocycles. The molecule has 2 nitrogen and oxygen atoms in total. The van der Waals surface area contributed by atoms with Gasteiger partial charge in [0.15, 0.2) is 0 Å². The van der Waals surface area contributed by atoms with Crippen molar-refractivity contribution in [3.05, 3.63) is 34.9 Å². The summed E-state index contributed by atoms with van der Waals surface area (Å²) >= 11 is 5.99. The fourth-order valence-electron chi connectivity index (χ4n) is 2.21. The molecule has 0 amide bonds. The van der Waals surface area contributed by atoms with Crippen molar-refractivity contribution in [1.29, 1.82) is 0 Å². The third-order valence-electron chi connectivity index (χ3n) is 3.17. The highest BCUT2D eigenvalue weighted by Gasteiger charge is 2.15. The Morgan fingerprint density at radius 1 is 1.38 bits per heavy atom. The molecule has 1 fully saturated rings.